The van der Waals surface area contributed by atoms with Gasteiger partial charge in [-0.25, -0.2) is 4.79 Å². The number of rotatable bonds is 2. The van der Waals surface area contributed by atoms with Gasteiger partial charge >= 0.3 is 5.97 Å². The zero-order chi connectivity index (χ0) is 24.0. The molecule has 0 N–H and O–H groups in total. The molecule has 3 heteroatoms. The Morgan fingerprint density at radius 3 is 2.45 bits per heavy atom. The fourth-order valence-corrected chi connectivity index (χ4v) is 9.34. The van der Waals surface area contributed by atoms with E-state index in [2.05, 4.69) is 53.7 Å². The van der Waals surface area contributed by atoms with E-state index in [9.17, 15) is 9.59 Å². The molecule has 33 heavy (non-hydrogen) atoms. The fraction of sp³-hybridized carbons (Fsp3) is 0.733. The molecule has 5 rings (SSSR count). The van der Waals surface area contributed by atoms with Crippen molar-refractivity contribution >= 4 is 11.8 Å². The molecule has 0 bridgehead atoms. The van der Waals surface area contributed by atoms with Crippen molar-refractivity contribution in [2.45, 2.75) is 93.4 Å². The van der Waals surface area contributed by atoms with Crippen LogP contribution in [-0.2, 0) is 14.3 Å². The van der Waals surface area contributed by atoms with Gasteiger partial charge in [-0.3, -0.25) is 4.79 Å². The van der Waals surface area contributed by atoms with Gasteiger partial charge in [0.25, 0.3) is 0 Å². The Morgan fingerprint density at radius 1 is 1.06 bits per heavy atom. The summed E-state index contributed by atoms with van der Waals surface area (Å²) in [7, 11) is 0. The minimum atomic E-state index is -0.208. The molecule has 3 saturated carbocycles. The number of Topliss-reactive ketones (excluding diaryl/α,β-unsaturated/α-hetero) is 1. The number of carbonyl (C=O) groups is 2. The average Bonchev–Trinajstić information content (AvgIpc) is 3.20. The van der Waals surface area contributed by atoms with Crippen LogP contribution in [0.2, 0.25) is 0 Å². The van der Waals surface area contributed by atoms with Crippen molar-refractivity contribution in [3.63, 3.8) is 0 Å². The molecule has 5 aliphatic rings. The maximum absolute atomic E-state index is 12.8. The first kappa shape index (κ1) is 23.1. The molecule has 3 nitrogen and oxygen atoms in total. The molecule has 0 saturated heterocycles. The van der Waals surface area contributed by atoms with Gasteiger partial charge in [-0.1, -0.05) is 53.2 Å². The van der Waals surface area contributed by atoms with Crippen LogP contribution in [0.4, 0.5) is 0 Å². The maximum Gasteiger partial charge on any atom is 0.339 e. The minimum absolute atomic E-state index is 0.208. The standard InChI is InChI=1S/C30H42O3/c1-18(16-20-17-19(2)26(32)33-20)21-10-14-30(7)23-8-9-24-27(3,4)25(31)12-13-28(24,5)22(23)11-15-29(21,30)6/h8,16-18,21-22,24H,9-15H2,1-7H3/b20-16-/t18-,21-,22-,24-,28-,29-,30+/m1/s1. The van der Waals surface area contributed by atoms with Gasteiger partial charge in [0.15, 0.2) is 0 Å². The normalized spacial score (nSPS) is 46.2. The number of cyclic esters (lactones) is 1. The predicted octanol–water partition coefficient (Wildman–Crippen LogP) is 7.18. The Hall–Kier alpha value is -1.64. The lowest BCUT2D eigenvalue weighted by Crippen LogP contribution is -2.57. The summed E-state index contributed by atoms with van der Waals surface area (Å²) in [5.74, 6) is 3.01. The van der Waals surface area contributed by atoms with E-state index in [1.807, 2.05) is 13.0 Å². The van der Waals surface area contributed by atoms with Crippen LogP contribution in [0.3, 0.4) is 0 Å². The van der Waals surface area contributed by atoms with Gasteiger partial charge in [-0.2, -0.15) is 0 Å². The van der Waals surface area contributed by atoms with Crippen LogP contribution >= 0.6 is 0 Å². The molecule has 4 aliphatic carbocycles. The number of hydrogen-bond acceptors (Lipinski definition) is 3. The first-order valence-corrected chi connectivity index (χ1v) is 13.2. The molecule has 180 valence electrons. The highest BCUT2D eigenvalue weighted by molar-refractivity contribution is 5.92. The van der Waals surface area contributed by atoms with E-state index in [-0.39, 0.29) is 27.6 Å². The Morgan fingerprint density at radius 2 is 1.79 bits per heavy atom. The number of allylic oxidation sites excluding steroid dienone is 4. The second-order valence-electron chi connectivity index (χ2n) is 13.2. The predicted molar refractivity (Wildman–Crippen MR) is 131 cm³/mol. The smallest absolute Gasteiger partial charge is 0.339 e. The molecule has 1 heterocycles. The van der Waals surface area contributed by atoms with Crippen LogP contribution in [0.5, 0.6) is 0 Å². The number of carbonyl (C=O) groups excluding carboxylic acids is 2. The maximum atomic E-state index is 12.8. The van der Waals surface area contributed by atoms with E-state index in [1.54, 1.807) is 5.57 Å². The fourth-order valence-electron chi connectivity index (χ4n) is 9.34. The Balaban J connectivity index is 1.47. The van der Waals surface area contributed by atoms with E-state index >= 15 is 0 Å². The summed E-state index contributed by atoms with van der Waals surface area (Å²) in [5.41, 5.74) is 2.89. The molecule has 0 amide bonds. The zero-order valence-corrected chi connectivity index (χ0v) is 21.7. The Labute approximate surface area is 200 Å². The summed E-state index contributed by atoms with van der Waals surface area (Å²) < 4.78 is 5.48. The number of fused-ring (bicyclic) bond motifs is 5. The largest absolute Gasteiger partial charge is 0.423 e. The SMILES string of the molecule is CC1=C/C(=C/[C@@H](C)[C@H]2CC[C@@]3(C)C4=CC[C@@H]5C(C)(C)C(=O)CC[C@]5(C)[C@@H]4CC[C@]23C)OC1=O. The summed E-state index contributed by atoms with van der Waals surface area (Å²) >= 11 is 0. The van der Waals surface area contributed by atoms with Crippen molar-refractivity contribution in [1.82, 2.24) is 0 Å². The molecule has 0 aromatic heterocycles. The molecule has 7 atom stereocenters. The third-order valence-electron chi connectivity index (χ3n) is 11.6. The van der Waals surface area contributed by atoms with Crippen LogP contribution in [0, 0.1) is 45.3 Å². The van der Waals surface area contributed by atoms with Crippen molar-refractivity contribution in [3.05, 3.63) is 35.1 Å². The summed E-state index contributed by atoms with van der Waals surface area (Å²) in [6.45, 7) is 16.2. The summed E-state index contributed by atoms with van der Waals surface area (Å²) in [4.78, 5) is 24.6. The van der Waals surface area contributed by atoms with Gasteiger partial charge in [0, 0.05) is 17.4 Å². The molecule has 1 aliphatic heterocycles. The first-order chi connectivity index (χ1) is 15.3. The van der Waals surface area contributed by atoms with Crippen molar-refractivity contribution in [3.8, 4) is 0 Å². The molecule has 0 aromatic carbocycles. The van der Waals surface area contributed by atoms with Crippen LogP contribution in [0.25, 0.3) is 0 Å². The highest BCUT2D eigenvalue weighted by Crippen LogP contribution is 2.73. The molecule has 0 spiro atoms. The zero-order valence-electron chi connectivity index (χ0n) is 21.7. The summed E-state index contributed by atoms with van der Waals surface area (Å²) in [6.07, 6.45) is 14.5. The summed E-state index contributed by atoms with van der Waals surface area (Å²) in [6, 6.07) is 0. The molecule has 0 unspecified atom stereocenters. The Kier molecular flexibility index (Phi) is 5.03. The van der Waals surface area contributed by atoms with Crippen molar-refractivity contribution < 1.29 is 14.3 Å². The monoisotopic (exact) mass is 450 g/mol. The first-order valence-electron chi connectivity index (χ1n) is 13.2. The van der Waals surface area contributed by atoms with Gasteiger partial charge < -0.3 is 4.74 Å². The number of ether oxygens (including phenoxy) is 1. The average molecular weight is 451 g/mol. The van der Waals surface area contributed by atoms with E-state index in [1.165, 1.54) is 25.7 Å². The topological polar surface area (TPSA) is 43.4 Å². The lowest BCUT2D eigenvalue weighted by molar-refractivity contribution is -0.146. The quantitative estimate of drug-likeness (QED) is 0.330. The van der Waals surface area contributed by atoms with Gasteiger partial charge in [0.1, 0.15) is 11.5 Å². The second kappa shape index (κ2) is 7.18. The van der Waals surface area contributed by atoms with Crippen molar-refractivity contribution in [1.29, 1.82) is 0 Å². The Bertz CT molecular complexity index is 996. The highest BCUT2D eigenvalue weighted by Gasteiger charge is 2.65. The van der Waals surface area contributed by atoms with E-state index in [0.717, 1.165) is 25.0 Å². The van der Waals surface area contributed by atoms with Gasteiger partial charge in [0.2, 0.25) is 0 Å². The number of hydrogen-bond donors (Lipinski definition) is 0. The van der Waals surface area contributed by atoms with Gasteiger partial charge in [-0.15, -0.1) is 0 Å². The second-order valence-corrected chi connectivity index (χ2v) is 13.2. The lowest BCUT2D eigenvalue weighted by atomic mass is 9.41. The van der Waals surface area contributed by atoms with Crippen molar-refractivity contribution in [2.24, 2.45) is 45.3 Å². The van der Waals surface area contributed by atoms with E-state index < -0.39 is 0 Å². The van der Waals surface area contributed by atoms with Crippen LogP contribution in [0.15, 0.2) is 35.1 Å². The highest BCUT2D eigenvalue weighted by atomic mass is 16.5. The molecule has 0 aromatic rings. The number of esters is 1. The summed E-state index contributed by atoms with van der Waals surface area (Å²) in [5, 5.41) is 0. The van der Waals surface area contributed by atoms with Gasteiger partial charge in [0.05, 0.1) is 0 Å². The lowest BCUT2D eigenvalue weighted by Gasteiger charge is -2.63. The third kappa shape index (κ3) is 2.99. The molecule has 3 fully saturated rings. The molecular weight excluding hydrogens is 408 g/mol. The van der Waals surface area contributed by atoms with E-state index in [4.69, 9.17) is 4.74 Å². The molecular formula is C30H42O3. The van der Waals surface area contributed by atoms with Crippen LogP contribution < -0.4 is 0 Å². The van der Waals surface area contributed by atoms with E-state index in [0.29, 0.717) is 35.0 Å². The van der Waals surface area contributed by atoms with Gasteiger partial charge in [-0.05, 0) is 97.5 Å². The third-order valence-corrected chi connectivity index (χ3v) is 11.6. The minimum Gasteiger partial charge on any atom is -0.423 e. The number of ketones is 1. The van der Waals surface area contributed by atoms with Crippen LogP contribution in [0.1, 0.15) is 93.4 Å². The van der Waals surface area contributed by atoms with Crippen molar-refractivity contribution in [2.75, 3.05) is 0 Å². The van der Waals surface area contributed by atoms with Crippen LogP contribution in [-0.4, -0.2) is 11.8 Å². The molecule has 0 radical (unpaired) electrons.